The van der Waals surface area contributed by atoms with E-state index in [9.17, 15) is 14.0 Å². The molecular formula is C25H26FN3O2. The summed E-state index contributed by atoms with van der Waals surface area (Å²) in [7, 11) is 0. The fourth-order valence-electron chi connectivity index (χ4n) is 3.49. The molecule has 3 rings (SSSR count). The molecule has 0 spiro atoms. The zero-order chi connectivity index (χ0) is 22.1. The van der Waals surface area contributed by atoms with Crippen molar-refractivity contribution in [2.24, 2.45) is 0 Å². The molecule has 0 aliphatic rings. The van der Waals surface area contributed by atoms with Gasteiger partial charge in [-0.1, -0.05) is 72.8 Å². The Hall–Kier alpha value is -3.67. The van der Waals surface area contributed by atoms with Gasteiger partial charge in [-0.05, 0) is 35.7 Å². The van der Waals surface area contributed by atoms with E-state index in [1.807, 2.05) is 67.6 Å². The lowest BCUT2D eigenvalue weighted by atomic mass is 9.86. The molecule has 3 aromatic carbocycles. The fourth-order valence-corrected chi connectivity index (χ4v) is 3.49. The van der Waals surface area contributed by atoms with Gasteiger partial charge in [0.15, 0.2) is 0 Å². The summed E-state index contributed by atoms with van der Waals surface area (Å²) in [6.07, 6.45) is 0. The van der Waals surface area contributed by atoms with Crippen LogP contribution in [0.4, 0.5) is 9.18 Å². The van der Waals surface area contributed by atoms with Crippen molar-refractivity contribution in [3.05, 3.63) is 107 Å². The van der Waals surface area contributed by atoms with Crippen molar-refractivity contribution in [1.29, 1.82) is 0 Å². The van der Waals surface area contributed by atoms with Gasteiger partial charge in [0, 0.05) is 18.5 Å². The summed E-state index contributed by atoms with van der Waals surface area (Å²) in [5, 5.41) is 8.19. The van der Waals surface area contributed by atoms with Gasteiger partial charge in [-0.2, -0.15) is 0 Å². The second kappa shape index (κ2) is 10.9. The lowest BCUT2D eigenvalue weighted by Crippen LogP contribution is -2.45. The molecule has 3 amide bonds. The maximum Gasteiger partial charge on any atom is 0.315 e. The fraction of sp³-hybridized carbons (Fsp3) is 0.200. The van der Waals surface area contributed by atoms with Crippen molar-refractivity contribution >= 4 is 11.9 Å². The van der Waals surface area contributed by atoms with Crippen molar-refractivity contribution in [3.8, 4) is 0 Å². The largest absolute Gasteiger partial charge is 0.351 e. The summed E-state index contributed by atoms with van der Waals surface area (Å²) in [5.74, 6) is -0.622. The van der Waals surface area contributed by atoms with Crippen LogP contribution in [0.5, 0.6) is 0 Å². The van der Waals surface area contributed by atoms with Crippen molar-refractivity contribution < 1.29 is 14.0 Å². The van der Waals surface area contributed by atoms with E-state index in [-0.39, 0.29) is 36.8 Å². The predicted octanol–water partition coefficient (Wildman–Crippen LogP) is 3.96. The normalized spacial score (nSPS) is 11.6. The van der Waals surface area contributed by atoms with Crippen LogP contribution in [0, 0.1) is 5.82 Å². The molecule has 5 nitrogen and oxygen atoms in total. The van der Waals surface area contributed by atoms with Gasteiger partial charge in [0.2, 0.25) is 5.91 Å². The number of carbonyl (C=O) groups is 2. The Morgan fingerprint density at radius 3 is 1.90 bits per heavy atom. The van der Waals surface area contributed by atoms with E-state index in [4.69, 9.17) is 0 Å². The third-order valence-electron chi connectivity index (χ3n) is 4.98. The summed E-state index contributed by atoms with van der Waals surface area (Å²) in [4.78, 5) is 24.4. The third-order valence-corrected chi connectivity index (χ3v) is 4.98. The maximum absolute atomic E-state index is 12.9. The van der Waals surface area contributed by atoms with Crippen molar-refractivity contribution in [2.45, 2.75) is 25.4 Å². The number of nitrogens with one attached hydrogen (secondary N) is 3. The highest BCUT2D eigenvalue weighted by Gasteiger charge is 2.22. The van der Waals surface area contributed by atoms with Crippen LogP contribution in [0.1, 0.15) is 29.5 Å². The van der Waals surface area contributed by atoms with Crippen LogP contribution < -0.4 is 16.0 Å². The van der Waals surface area contributed by atoms with Crippen LogP contribution >= 0.6 is 0 Å². The van der Waals surface area contributed by atoms with Crippen molar-refractivity contribution in [2.75, 3.05) is 6.54 Å². The molecule has 1 atom stereocenters. The molecule has 31 heavy (non-hydrogen) atoms. The molecule has 0 aliphatic heterocycles. The minimum Gasteiger partial charge on any atom is -0.351 e. The molecule has 6 heteroatoms. The molecule has 0 aromatic heterocycles. The molecular weight excluding hydrogens is 393 g/mol. The minimum atomic E-state index is -0.463. The van der Waals surface area contributed by atoms with Crippen LogP contribution in [0.15, 0.2) is 84.9 Å². The number of hydrogen-bond donors (Lipinski definition) is 3. The van der Waals surface area contributed by atoms with Crippen LogP contribution in [0.3, 0.4) is 0 Å². The number of carbonyl (C=O) groups excluding carboxylic acids is 2. The zero-order valence-corrected chi connectivity index (χ0v) is 17.3. The number of urea groups is 1. The topological polar surface area (TPSA) is 70.2 Å². The van der Waals surface area contributed by atoms with Crippen LogP contribution in [-0.2, 0) is 11.3 Å². The smallest absolute Gasteiger partial charge is 0.315 e. The predicted molar refractivity (Wildman–Crippen MR) is 119 cm³/mol. The van der Waals surface area contributed by atoms with Crippen molar-refractivity contribution in [3.63, 3.8) is 0 Å². The average molecular weight is 420 g/mol. The molecule has 160 valence electrons. The van der Waals surface area contributed by atoms with Crippen LogP contribution in [-0.4, -0.2) is 24.5 Å². The van der Waals surface area contributed by atoms with Gasteiger partial charge in [-0.15, -0.1) is 0 Å². The summed E-state index contributed by atoms with van der Waals surface area (Å²) >= 11 is 0. The van der Waals surface area contributed by atoms with Gasteiger partial charge >= 0.3 is 6.03 Å². The van der Waals surface area contributed by atoms with E-state index in [2.05, 4.69) is 16.0 Å². The van der Waals surface area contributed by atoms with E-state index in [1.165, 1.54) is 12.1 Å². The first-order valence-corrected chi connectivity index (χ1v) is 10.2. The Labute approximate surface area is 181 Å². The van der Waals surface area contributed by atoms with Gasteiger partial charge in [0.25, 0.3) is 0 Å². The summed E-state index contributed by atoms with van der Waals surface area (Å²) in [6, 6.07) is 25.2. The molecule has 3 N–H and O–H groups in total. The van der Waals surface area contributed by atoms with Gasteiger partial charge in [0.05, 0.1) is 6.54 Å². The van der Waals surface area contributed by atoms with Crippen molar-refractivity contribution in [1.82, 2.24) is 16.0 Å². The monoisotopic (exact) mass is 419 g/mol. The third kappa shape index (κ3) is 6.67. The van der Waals surface area contributed by atoms with Gasteiger partial charge in [-0.3, -0.25) is 4.79 Å². The quantitative estimate of drug-likeness (QED) is 0.517. The molecule has 0 saturated carbocycles. The van der Waals surface area contributed by atoms with Crippen LogP contribution in [0.2, 0.25) is 0 Å². The first kappa shape index (κ1) is 22.0. The van der Waals surface area contributed by atoms with E-state index in [0.29, 0.717) is 0 Å². The Morgan fingerprint density at radius 2 is 1.35 bits per heavy atom. The van der Waals surface area contributed by atoms with E-state index >= 15 is 0 Å². The number of amides is 3. The van der Waals surface area contributed by atoms with E-state index in [1.54, 1.807) is 12.1 Å². The lowest BCUT2D eigenvalue weighted by Gasteiger charge is -2.26. The summed E-state index contributed by atoms with van der Waals surface area (Å²) in [6.45, 7) is 2.06. The van der Waals surface area contributed by atoms with Crippen LogP contribution in [0.25, 0.3) is 0 Å². The highest BCUT2D eigenvalue weighted by Crippen LogP contribution is 2.27. The van der Waals surface area contributed by atoms with Gasteiger partial charge in [-0.25, -0.2) is 9.18 Å². The standard InChI is InChI=1S/C25H26FN3O2/c1-18(24(20-8-4-2-5-9-20)21-10-6-3-7-11-21)29-23(30)17-28-25(31)27-16-19-12-14-22(26)15-13-19/h2-15,18,24H,16-17H2,1H3,(H,29,30)(H2,27,28,31)/t18-/m1/s1. The molecule has 0 saturated heterocycles. The Kier molecular flexibility index (Phi) is 7.76. The van der Waals surface area contributed by atoms with E-state index < -0.39 is 6.03 Å². The molecule has 0 fully saturated rings. The highest BCUT2D eigenvalue weighted by atomic mass is 19.1. The zero-order valence-electron chi connectivity index (χ0n) is 17.3. The van der Waals surface area contributed by atoms with E-state index in [0.717, 1.165) is 16.7 Å². The molecule has 0 radical (unpaired) electrons. The summed E-state index contributed by atoms with van der Waals surface area (Å²) < 4.78 is 12.9. The molecule has 0 bridgehead atoms. The first-order valence-electron chi connectivity index (χ1n) is 10.2. The number of benzene rings is 3. The molecule has 0 unspecified atom stereocenters. The van der Waals surface area contributed by atoms with Gasteiger partial charge in [0.1, 0.15) is 5.82 Å². The molecule has 3 aromatic rings. The second-order valence-electron chi connectivity index (χ2n) is 7.32. The second-order valence-corrected chi connectivity index (χ2v) is 7.32. The average Bonchev–Trinajstić information content (AvgIpc) is 2.79. The first-order chi connectivity index (χ1) is 15.0. The molecule has 0 aliphatic carbocycles. The number of halogens is 1. The minimum absolute atomic E-state index is 0.0151. The Balaban J connectivity index is 1.53. The SMILES string of the molecule is C[C@@H](NC(=O)CNC(=O)NCc1ccc(F)cc1)C(c1ccccc1)c1ccccc1. The highest BCUT2D eigenvalue weighted by molar-refractivity contribution is 5.84. The number of rotatable bonds is 8. The molecule has 0 heterocycles. The lowest BCUT2D eigenvalue weighted by molar-refractivity contribution is -0.120. The maximum atomic E-state index is 12.9. The Morgan fingerprint density at radius 1 is 0.806 bits per heavy atom. The Bertz CT molecular complexity index is 939. The summed E-state index contributed by atoms with van der Waals surface area (Å²) in [5.41, 5.74) is 2.97. The number of hydrogen-bond acceptors (Lipinski definition) is 2. The van der Waals surface area contributed by atoms with Gasteiger partial charge < -0.3 is 16.0 Å².